The predicted molar refractivity (Wildman–Crippen MR) is 113 cm³/mol. The van der Waals surface area contributed by atoms with Gasteiger partial charge < -0.3 is 15.0 Å². The lowest BCUT2D eigenvalue weighted by molar-refractivity contribution is 0.0954. The summed E-state index contributed by atoms with van der Waals surface area (Å²) in [6, 6.07) is 13.3. The van der Waals surface area contributed by atoms with Crippen molar-refractivity contribution in [3.8, 4) is 17.0 Å². The molecule has 0 aliphatic rings. The van der Waals surface area contributed by atoms with Gasteiger partial charge in [0.25, 0.3) is 5.91 Å². The van der Waals surface area contributed by atoms with Crippen LogP contribution in [0.2, 0.25) is 0 Å². The molecular weight excluding hydrogens is 383 g/mol. The molecule has 0 saturated carbocycles. The Hall–Kier alpha value is -3.74. The minimum Gasteiger partial charge on any atom is -0.493 e. The van der Waals surface area contributed by atoms with E-state index in [4.69, 9.17) is 4.74 Å². The number of nitrogens with one attached hydrogen (secondary N) is 2. The largest absolute Gasteiger partial charge is 0.493 e. The van der Waals surface area contributed by atoms with E-state index in [9.17, 15) is 9.18 Å². The quantitative estimate of drug-likeness (QED) is 0.485. The number of pyridine rings is 1. The van der Waals surface area contributed by atoms with E-state index in [0.29, 0.717) is 42.1 Å². The highest BCUT2D eigenvalue weighted by molar-refractivity contribution is 5.99. The van der Waals surface area contributed by atoms with Gasteiger partial charge in [-0.2, -0.15) is 0 Å². The third-order valence-corrected chi connectivity index (χ3v) is 4.71. The maximum atomic E-state index is 13.3. The van der Waals surface area contributed by atoms with Gasteiger partial charge in [0.05, 0.1) is 24.1 Å². The van der Waals surface area contributed by atoms with Gasteiger partial charge in [0.15, 0.2) is 0 Å². The van der Waals surface area contributed by atoms with Gasteiger partial charge in [0.1, 0.15) is 11.6 Å². The van der Waals surface area contributed by atoms with Gasteiger partial charge in [-0.1, -0.05) is 0 Å². The maximum Gasteiger partial charge on any atom is 0.251 e. The zero-order chi connectivity index (χ0) is 20.9. The molecule has 0 atom stereocenters. The van der Waals surface area contributed by atoms with Crippen molar-refractivity contribution in [3.05, 3.63) is 78.1 Å². The second-order valence-corrected chi connectivity index (χ2v) is 6.76. The third-order valence-electron chi connectivity index (χ3n) is 4.71. The summed E-state index contributed by atoms with van der Waals surface area (Å²) in [7, 11) is 0. The van der Waals surface area contributed by atoms with Gasteiger partial charge >= 0.3 is 0 Å². The van der Waals surface area contributed by atoms with Crippen LogP contribution in [0.25, 0.3) is 22.2 Å². The topological polar surface area (TPSA) is 79.9 Å². The number of carbonyl (C=O) groups is 1. The molecule has 2 aromatic heterocycles. The van der Waals surface area contributed by atoms with Gasteiger partial charge in [-0.25, -0.2) is 14.4 Å². The van der Waals surface area contributed by atoms with Crippen LogP contribution in [-0.2, 0) is 6.42 Å². The van der Waals surface area contributed by atoms with Crippen LogP contribution < -0.4 is 10.1 Å². The molecule has 2 heterocycles. The Bertz CT molecular complexity index is 1160. The van der Waals surface area contributed by atoms with E-state index < -0.39 is 0 Å². The second kappa shape index (κ2) is 8.73. The molecule has 4 aromatic rings. The van der Waals surface area contributed by atoms with Crippen LogP contribution in [0, 0.1) is 5.82 Å². The Labute approximate surface area is 173 Å². The minimum atomic E-state index is -0.307. The van der Waals surface area contributed by atoms with Crippen molar-refractivity contribution in [3.63, 3.8) is 0 Å². The Morgan fingerprint density at radius 2 is 2.00 bits per heavy atom. The Kier molecular flexibility index (Phi) is 5.70. The number of amides is 1. The van der Waals surface area contributed by atoms with Crippen molar-refractivity contribution >= 4 is 16.8 Å². The standard InChI is InChI=1S/C23H21FN4O2/c1-2-30-22-12-20(15-3-6-17(24)7-4-15)28-21-11-16(5-8-19(21)22)23(29)26-10-9-18-13-25-14-27-18/h3-8,11-14H,2,9-10H2,1H3,(H,25,27)(H,26,29). The number of carbonyl (C=O) groups excluding carboxylic acids is 1. The van der Waals surface area contributed by atoms with E-state index in [1.165, 1.54) is 12.1 Å². The summed E-state index contributed by atoms with van der Waals surface area (Å²) in [6.07, 6.45) is 4.01. The average molecular weight is 404 g/mol. The van der Waals surface area contributed by atoms with Crippen molar-refractivity contribution in [1.29, 1.82) is 0 Å². The molecule has 0 radical (unpaired) electrons. The molecule has 152 valence electrons. The van der Waals surface area contributed by atoms with Crippen molar-refractivity contribution in [2.24, 2.45) is 0 Å². The maximum absolute atomic E-state index is 13.3. The molecule has 1 amide bonds. The summed E-state index contributed by atoms with van der Waals surface area (Å²) in [5.41, 5.74) is 3.54. The number of fused-ring (bicyclic) bond motifs is 1. The van der Waals surface area contributed by atoms with E-state index >= 15 is 0 Å². The van der Waals surface area contributed by atoms with Crippen LogP contribution in [0.5, 0.6) is 5.75 Å². The number of nitrogens with zero attached hydrogens (tertiary/aromatic N) is 2. The van der Waals surface area contributed by atoms with E-state index in [1.54, 1.807) is 36.8 Å². The normalized spacial score (nSPS) is 10.9. The van der Waals surface area contributed by atoms with Crippen LogP contribution in [0.15, 0.2) is 61.1 Å². The second-order valence-electron chi connectivity index (χ2n) is 6.76. The SMILES string of the molecule is CCOc1cc(-c2ccc(F)cc2)nc2cc(C(=O)NCCc3cnc[nH]3)ccc12. The molecule has 30 heavy (non-hydrogen) atoms. The molecule has 0 fully saturated rings. The first-order valence-electron chi connectivity index (χ1n) is 9.73. The monoisotopic (exact) mass is 404 g/mol. The van der Waals surface area contributed by atoms with Crippen molar-refractivity contribution in [1.82, 2.24) is 20.3 Å². The predicted octanol–water partition coefficient (Wildman–Crippen LogP) is 4.14. The average Bonchev–Trinajstić information content (AvgIpc) is 3.27. The Morgan fingerprint density at radius 3 is 2.73 bits per heavy atom. The van der Waals surface area contributed by atoms with Gasteiger partial charge in [0, 0.05) is 47.4 Å². The number of rotatable bonds is 7. The van der Waals surface area contributed by atoms with Crippen LogP contribution >= 0.6 is 0 Å². The van der Waals surface area contributed by atoms with E-state index in [1.807, 2.05) is 19.1 Å². The van der Waals surface area contributed by atoms with Crippen LogP contribution in [0.4, 0.5) is 4.39 Å². The Balaban J connectivity index is 1.62. The lowest BCUT2D eigenvalue weighted by atomic mass is 10.1. The molecule has 2 N–H and O–H groups in total. The number of aromatic amines is 1. The summed E-state index contributed by atoms with van der Waals surface area (Å²) in [6.45, 7) is 2.90. The molecule has 0 aliphatic carbocycles. The smallest absolute Gasteiger partial charge is 0.251 e. The highest BCUT2D eigenvalue weighted by Crippen LogP contribution is 2.31. The van der Waals surface area contributed by atoms with Crippen LogP contribution in [-0.4, -0.2) is 34.0 Å². The molecule has 4 rings (SSSR count). The highest BCUT2D eigenvalue weighted by atomic mass is 19.1. The van der Waals surface area contributed by atoms with Gasteiger partial charge in [-0.15, -0.1) is 0 Å². The van der Waals surface area contributed by atoms with Gasteiger partial charge in [-0.05, 0) is 49.4 Å². The molecule has 0 bridgehead atoms. The molecule has 7 heteroatoms. The lowest BCUT2D eigenvalue weighted by Gasteiger charge is -2.12. The first-order chi connectivity index (χ1) is 14.6. The molecule has 0 unspecified atom stereocenters. The molecule has 0 aliphatic heterocycles. The lowest BCUT2D eigenvalue weighted by Crippen LogP contribution is -2.25. The molecule has 0 spiro atoms. The fraction of sp³-hybridized carbons (Fsp3) is 0.174. The number of hydrogen-bond donors (Lipinski definition) is 2. The first-order valence-corrected chi connectivity index (χ1v) is 9.73. The fourth-order valence-corrected chi connectivity index (χ4v) is 3.22. The number of ether oxygens (including phenoxy) is 1. The summed E-state index contributed by atoms with van der Waals surface area (Å²) in [5, 5.41) is 3.72. The summed E-state index contributed by atoms with van der Waals surface area (Å²) in [5.74, 6) is 0.190. The molecule has 6 nitrogen and oxygen atoms in total. The van der Waals surface area contributed by atoms with Crippen LogP contribution in [0.3, 0.4) is 0 Å². The number of halogens is 1. The molecule has 0 saturated heterocycles. The van der Waals surface area contributed by atoms with Gasteiger partial charge in [0.2, 0.25) is 0 Å². The van der Waals surface area contributed by atoms with E-state index in [0.717, 1.165) is 16.6 Å². The zero-order valence-electron chi connectivity index (χ0n) is 16.5. The Morgan fingerprint density at radius 1 is 1.17 bits per heavy atom. The number of aromatic nitrogens is 3. The number of H-pyrrole nitrogens is 1. The number of imidazole rings is 1. The molecular formula is C23H21FN4O2. The minimum absolute atomic E-state index is 0.177. The fourth-order valence-electron chi connectivity index (χ4n) is 3.22. The first kappa shape index (κ1) is 19.6. The summed E-state index contributed by atoms with van der Waals surface area (Å²) >= 11 is 0. The van der Waals surface area contributed by atoms with Crippen molar-refractivity contribution in [2.45, 2.75) is 13.3 Å². The summed E-state index contributed by atoms with van der Waals surface area (Å²) < 4.78 is 19.1. The van der Waals surface area contributed by atoms with Crippen molar-refractivity contribution < 1.29 is 13.9 Å². The highest BCUT2D eigenvalue weighted by Gasteiger charge is 2.12. The van der Waals surface area contributed by atoms with Crippen LogP contribution in [0.1, 0.15) is 23.0 Å². The number of benzene rings is 2. The third kappa shape index (κ3) is 4.30. The zero-order valence-corrected chi connectivity index (χ0v) is 16.5. The van der Waals surface area contributed by atoms with E-state index in [-0.39, 0.29) is 11.7 Å². The molecule has 2 aromatic carbocycles. The summed E-state index contributed by atoms with van der Waals surface area (Å²) in [4.78, 5) is 24.2. The van der Waals surface area contributed by atoms with Crippen molar-refractivity contribution in [2.75, 3.05) is 13.2 Å². The van der Waals surface area contributed by atoms with Gasteiger partial charge in [-0.3, -0.25) is 4.79 Å². The van der Waals surface area contributed by atoms with E-state index in [2.05, 4.69) is 20.3 Å². The number of hydrogen-bond acceptors (Lipinski definition) is 4.